The summed E-state index contributed by atoms with van der Waals surface area (Å²) in [5.41, 5.74) is 2.84. The first-order chi connectivity index (χ1) is 5.74. The van der Waals surface area contributed by atoms with E-state index in [-0.39, 0.29) is 0 Å². The molecule has 0 rings (SSSR count). The molecule has 2 atom stereocenters. The fourth-order valence-corrected chi connectivity index (χ4v) is 1.40. The molecule has 0 saturated carbocycles. The van der Waals surface area contributed by atoms with Crippen LogP contribution in [0.1, 0.15) is 39.5 Å². The molecule has 0 bridgehead atoms. The number of alkyl halides is 1. The molecule has 12 heavy (non-hydrogen) atoms. The van der Waals surface area contributed by atoms with E-state index in [1.54, 1.807) is 0 Å². The van der Waals surface area contributed by atoms with Crippen LogP contribution in [0.2, 0.25) is 0 Å². The van der Waals surface area contributed by atoms with Crippen LogP contribution >= 0.6 is 11.6 Å². The zero-order chi connectivity index (χ0) is 9.40. The Bertz CT molecular complexity index is 98.5. The van der Waals surface area contributed by atoms with Crippen LogP contribution in [0.3, 0.4) is 0 Å². The summed E-state index contributed by atoms with van der Waals surface area (Å²) in [4.78, 5) is 0. The number of nitrogens with two attached hydrogens (primary N) is 1. The minimum Gasteiger partial charge on any atom is -0.271 e. The summed E-state index contributed by atoms with van der Waals surface area (Å²) in [5.74, 6) is 6.91. The molecule has 3 heteroatoms. The molecule has 2 nitrogen and oxygen atoms in total. The summed E-state index contributed by atoms with van der Waals surface area (Å²) >= 11 is 5.60. The van der Waals surface area contributed by atoms with Gasteiger partial charge in [-0.15, -0.1) is 11.6 Å². The van der Waals surface area contributed by atoms with Gasteiger partial charge in [-0.2, -0.15) is 0 Å². The van der Waals surface area contributed by atoms with E-state index in [9.17, 15) is 0 Å². The number of rotatable bonds is 7. The van der Waals surface area contributed by atoms with Crippen molar-refractivity contribution in [1.82, 2.24) is 5.43 Å². The van der Waals surface area contributed by atoms with E-state index in [2.05, 4.69) is 19.3 Å². The molecule has 2 unspecified atom stereocenters. The number of hydrogen-bond donors (Lipinski definition) is 2. The highest BCUT2D eigenvalue weighted by atomic mass is 35.5. The lowest BCUT2D eigenvalue weighted by Gasteiger charge is -2.18. The van der Waals surface area contributed by atoms with Crippen molar-refractivity contribution in [3.05, 3.63) is 0 Å². The van der Waals surface area contributed by atoms with Crippen LogP contribution in [0, 0.1) is 5.92 Å². The third-order valence-electron chi connectivity index (χ3n) is 2.31. The van der Waals surface area contributed by atoms with Crippen molar-refractivity contribution >= 4 is 11.6 Å². The SMILES string of the molecule is CCC(C)CC(CCCCl)NN. The van der Waals surface area contributed by atoms with Crippen LogP contribution < -0.4 is 11.3 Å². The summed E-state index contributed by atoms with van der Waals surface area (Å²) in [6.45, 7) is 4.46. The van der Waals surface area contributed by atoms with Crippen LogP contribution in [0.4, 0.5) is 0 Å². The molecule has 0 aromatic carbocycles. The fourth-order valence-electron chi connectivity index (χ4n) is 1.25. The maximum Gasteiger partial charge on any atom is 0.0224 e. The largest absolute Gasteiger partial charge is 0.271 e. The monoisotopic (exact) mass is 192 g/mol. The predicted molar refractivity (Wildman–Crippen MR) is 55.1 cm³/mol. The number of hydrogen-bond acceptors (Lipinski definition) is 2. The third kappa shape index (κ3) is 5.81. The van der Waals surface area contributed by atoms with Gasteiger partial charge in [-0.3, -0.25) is 11.3 Å². The van der Waals surface area contributed by atoms with Gasteiger partial charge in [0.25, 0.3) is 0 Å². The molecule has 0 aliphatic carbocycles. The minimum atomic E-state index is 0.443. The Hall–Kier alpha value is 0.210. The lowest BCUT2D eigenvalue weighted by molar-refractivity contribution is 0.379. The van der Waals surface area contributed by atoms with E-state index >= 15 is 0 Å². The van der Waals surface area contributed by atoms with E-state index in [1.807, 2.05) is 0 Å². The fraction of sp³-hybridized carbons (Fsp3) is 1.00. The molecule has 0 heterocycles. The quantitative estimate of drug-likeness (QED) is 0.369. The highest BCUT2D eigenvalue weighted by Crippen LogP contribution is 2.12. The van der Waals surface area contributed by atoms with Gasteiger partial charge in [0.05, 0.1) is 0 Å². The van der Waals surface area contributed by atoms with Crippen LogP contribution in [0.15, 0.2) is 0 Å². The molecule has 0 fully saturated rings. The van der Waals surface area contributed by atoms with Crippen molar-refractivity contribution in [2.24, 2.45) is 11.8 Å². The molecule has 0 aliphatic heterocycles. The highest BCUT2D eigenvalue weighted by Gasteiger charge is 2.09. The van der Waals surface area contributed by atoms with Gasteiger partial charge >= 0.3 is 0 Å². The number of nitrogens with one attached hydrogen (secondary N) is 1. The van der Waals surface area contributed by atoms with E-state index < -0.39 is 0 Å². The van der Waals surface area contributed by atoms with Crippen molar-refractivity contribution in [3.63, 3.8) is 0 Å². The van der Waals surface area contributed by atoms with Gasteiger partial charge in [-0.25, -0.2) is 0 Å². The smallest absolute Gasteiger partial charge is 0.0224 e. The Morgan fingerprint density at radius 1 is 1.50 bits per heavy atom. The van der Waals surface area contributed by atoms with Crippen LogP contribution in [-0.2, 0) is 0 Å². The average Bonchev–Trinajstić information content (AvgIpc) is 2.11. The van der Waals surface area contributed by atoms with E-state index in [0.29, 0.717) is 6.04 Å². The molecule has 3 N–H and O–H groups in total. The Kier molecular flexibility index (Phi) is 7.98. The van der Waals surface area contributed by atoms with Gasteiger partial charge in [0.1, 0.15) is 0 Å². The summed E-state index contributed by atoms with van der Waals surface area (Å²) < 4.78 is 0. The lowest BCUT2D eigenvalue weighted by Crippen LogP contribution is -2.36. The molecular formula is C9H21ClN2. The van der Waals surface area contributed by atoms with Crippen molar-refractivity contribution in [1.29, 1.82) is 0 Å². The maximum absolute atomic E-state index is 5.60. The van der Waals surface area contributed by atoms with Crippen molar-refractivity contribution in [3.8, 4) is 0 Å². The molecule has 0 spiro atoms. The molecule has 0 radical (unpaired) electrons. The second-order valence-corrected chi connectivity index (χ2v) is 3.82. The predicted octanol–water partition coefficient (Wildman–Crippen LogP) is 2.27. The van der Waals surface area contributed by atoms with E-state index in [4.69, 9.17) is 17.4 Å². The Morgan fingerprint density at radius 2 is 2.17 bits per heavy atom. The zero-order valence-electron chi connectivity index (χ0n) is 8.15. The van der Waals surface area contributed by atoms with Crippen LogP contribution in [0.25, 0.3) is 0 Å². The van der Waals surface area contributed by atoms with Gasteiger partial charge in [0.15, 0.2) is 0 Å². The Labute approximate surface area is 80.8 Å². The minimum absolute atomic E-state index is 0.443. The molecule has 74 valence electrons. The first-order valence-corrected chi connectivity index (χ1v) is 5.30. The van der Waals surface area contributed by atoms with Crippen LogP contribution in [-0.4, -0.2) is 11.9 Å². The van der Waals surface area contributed by atoms with Gasteiger partial charge in [0, 0.05) is 11.9 Å². The summed E-state index contributed by atoms with van der Waals surface area (Å²) in [7, 11) is 0. The number of hydrazine groups is 1. The second-order valence-electron chi connectivity index (χ2n) is 3.44. The summed E-state index contributed by atoms with van der Waals surface area (Å²) in [5, 5.41) is 0. The standard InChI is InChI=1S/C9H21ClN2/c1-3-8(2)7-9(12-11)5-4-6-10/h8-9,12H,3-7,11H2,1-2H3. The highest BCUT2D eigenvalue weighted by molar-refractivity contribution is 6.17. The van der Waals surface area contributed by atoms with Gasteiger partial charge in [0.2, 0.25) is 0 Å². The average molecular weight is 193 g/mol. The van der Waals surface area contributed by atoms with Crippen LogP contribution in [0.5, 0.6) is 0 Å². The van der Waals surface area contributed by atoms with Crippen molar-refractivity contribution < 1.29 is 0 Å². The molecule has 0 saturated heterocycles. The van der Waals surface area contributed by atoms with E-state index in [1.165, 1.54) is 6.42 Å². The third-order valence-corrected chi connectivity index (χ3v) is 2.57. The van der Waals surface area contributed by atoms with Crippen molar-refractivity contribution in [2.75, 3.05) is 5.88 Å². The lowest BCUT2D eigenvalue weighted by atomic mass is 9.97. The molecule has 0 aromatic heterocycles. The first-order valence-electron chi connectivity index (χ1n) is 4.76. The molecule has 0 amide bonds. The van der Waals surface area contributed by atoms with E-state index in [0.717, 1.165) is 31.1 Å². The molecule has 0 aliphatic rings. The zero-order valence-corrected chi connectivity index (χ0v) is 8.90. The second kappa shape index (κ2) is 7.84. The first kappa shape index (κ1) is 12.2. The van der Waals surface area contributed by atoms with Gasteiger partial charge in [-0.05, 0) is 25.2 Å². The van der Waals surface area contributed by atoms with Crippen molar-refractivity contribution in [2.45, 2.75) is 45.6 Å². The normalized spacial score (nSPS) is 16.0. The van der Waals surface area contributed by atoms with Gasteiger partial charge < -0.3 is 0 Å². The summed E-state index contributed by atoms with van der Waals surface area (Å²) in [6.07, 6.45) is 4.51. The Balaban J connectivity index is 3.51. The Morgan fingerprint density at radius 3 is 2.58 bits per heavy atom. The topological polar surface area (TPSA) is 38.0 Å². The summed E-state index contributed by atoms with van der Waals surface area (Å²) in [6, 6.07) is 0.443. The maximum atomic E-state index is 5.60. The van der Waals surface area contributed by atoms with Gasteiger partial charge in [-0.1, -0.05) is 20.3 Å². The molecule has 0 aromatic rings. The molecular weight excluding hydrogens is 172 g/mol. The number of halogens is 1.